The van der Waals surface area contributed by atoms with Gasteiger partial charge in [0, 0.05) is 0 Å². The number of carbonyl (C=O) groups excluding carboxylic acids is 2. The number of carbonyl (C=O) groups is 2. The maximum atomic E-state index is 12.9. The topological polar surface area (TPSA) is 67.4 Å². The molecule has 1 saturated heterocycles. The van der Waals surface area contributed by atoms with Crippen LogP contribution in [0.1, 0.15) is 11.1 Å². The van der Waals surface area contributed by atoms with Crippen LogP contribution in [-0.4, -0.2) is 11.9 Å². The fourth-order valence-corrected chi connectivity index (χ4v) is 3.17. The van der Waals surface area contributed by atoms with E-state index in [4.69, 9.17) is 16.3 Å². The molecule has 0 spiro atoms. The Morgan fingerprint density at radius 2 is 1.88 bits per heavy atom. The van der Waals surface area contributed by atoms with E-state index in [-0.39, 0.29) is 18.1 Å². The number of hydrogen-bond donors (Lipinski definition) is 2. The summed E-state index contributed by atoms with van der Waals surface area (Å²) in [6.45, 7) is 0.220. The Morgan fingerprint density at radius 3 is 2.48 bits per heavy atom. The van der Waals surface area contributed by atoms with Crippen molar-refractivity contribution in [3.8, 4) is 5.75 Å². The lowest BCUT2D eigenvalue weighted by Gasteiger charge is -2.11. The molecule has 3 rings (SSSR count). The molecular formula is C17H11BrClFN2O3. The molecule has 0 atom stereocenters. The summed E-state index contributed by atoms with van der Waals surface area (Å²) < 4.78 is 19.2. The molecule has 1 aliphatic rings. The van der Waals surface area contributed by atoms with Crippen LogP contribution in [0.2, 0.25) is 5.02 Å². The minimum Gasteiger partial charge on any atom is -0.486 e. The lowest BCUT2D eigenvalue weighted by molar-refractivity contribution is -0.115. The second kappa shape index (κ2) is 7.25. The summed E-state index contributed by atoms with van der Waals surface area (Å²) >= 11 is 9.62. The highest BCUT2D eigenvalue weighted by Crippen LogP contribution is 2.35. The molecular weight excluding hydrogens is 415 g/mol. The minimum atomic E-state index is -0.569. The maximum Gasteiger partial charge on any atom is 0.326 e. The molecule has 0 unspecified atom stereocenters. The average Bonchev–Trinajstić information content (AvgIpc) is 2.86. The lowest BCUT2D eigenvalue weighted by Crippen LogP contribution is -2.22. The Morgan fingerprint density at radius 1 is 1.16 bits per heavy atom. The largest absolute Gasteiger partial charge is 0.486 e. The molecule has 1 heterocycles. The van der Waals surface area contributed by atoms with Crippen LogP contribution < -0.4 is 15.4 Å². The van der Waals surface area contributed by atoms with Crippen molar-refractivity contribution in [3.63, 3.8) is 0 Å². The predicted molar refractivity (Wildman–Crippen MR) is 94.5 cm³/mol. The molecule has 0 aliphatic carbocycles. The lowest BCUT2D eigenvalue weighted by atomic mass is 10.2. The monoisotopic (exact) mass is 424 g/mol. The fourth-order valence-electron chi connectivity index (χ4n) is 2.19. The first-order valence-electron chi connectivity index (χ1n) is 7.12. The van der Waals surface area contributed by atoms with Crippen LogP contribution >= 0.6 is 27.5 Å². The molecule has 2 aromatic rings. The van der Waals surface area contributed by atoms with Gasteiger partial charge in [-0.15, -0.1) is 0 Å². The van der Waals surface area contributed by atoms with Crippen molar-refractivity contribution < 1.29 is 18.7 Å². The molecule has 2 aromatic carbocycles. The van der Waals surface area contributed by atoms with Crippen molar-refractivity contribution in [2.75, 3.05) is 0 Å². The fraction of sp³-hybridized carbons (Fsp3) is 0.0588. The molecule has 25 heavy (non-hydrogen) atoms. The van der Waals surface area contributed by atoms with Crippen LogP contribution in [-0.2, 0) is 11.4 Å². The smallest absolute Gasteiger partial charge is 0.326 e. The van der Waals surface area contributed by atoms with Crippen LogP contribution in [0.4, 0.5) is 9.18 Å². The van der Waals surface area contributed by atoms with Gasteiger partial charge in [0.15, 0.2) is 5.75 Å². The first-order chi connectivity index (χ1) is 11.9. The maximum absolute atomic E-state index is 12.9. The highest BCUT2D eigenvalue weighted by atomic mass is 79.9. The Hall–Kier alpha value is -2.38. The van der Waals surface area contributed by atoms with Gasteiger partial charge in [0.25, 0.3) is 5.91 Å². The predicted octanol–water partition coefficient (Wildman–Crippen LogP) is 4.00. The molecule has 0 bridgehead atoms. The van der Waals surface area contributed by atoms with Gasteiger partial charge in [-0.2, -0.15) is 0 Å². The summed E-state index contributed by atoms with van der Waals surface area (Å²) in [6.07, 6.45) is 1.50. The molecule has 5 nitrogen and oxygen atoms in total. The van der Waals surface area contributed by atoms with Crippen molar-refractivity contribution >= 4 is 45.5 Å². The summed E-state index contributed by atoms with van der Waals surface area (Å²) in [7, 11) is 0. The SMILES string of the molecule is O=C1NC(=O)C(=Cc2cc(Cl)c(OCc3ccc(F)cc3)c(Br)c2)N1. The third-order valence-electron chi connectivity index (χ3n) is 3.35. The summed E-state index contributed by atoms with van der Waals surface area (Å²) in [6, 6.07) is 8.69. The van der Waals surface area contributed by atoms with E-state index in [1.54, 1.807) is 24.3 Å². The van der Waals surface area contributed by atoms with Gasteiger partial charge in [-0.1, -0.05) is 23.7 Å². The highest BCUT2D eigenvalue weighted by Gasteiger charge is 2.23. The van der Waals surface area contributed by atoms with Crippen LogP contribution in [0.5, 0.6) is 5.75 Å². The second-order valence-electron chi connectivity index (χ2n) is 5.20. The van der Waals surface area contributed by atoms with E-state index in [9.17, 15) is 14.0 Å². The summed E-state index contributed by atoms with van der Waals surface area (Å²) in [4.78, 5) is 22.7. The Balaban J connectivity index is 1.78. The van der Waals surface area contributed by atoms with E-state index in [2.05, 4.69) is 26.6 Å². The summed E-state index contributed by atoms with van der Waals surface area (Å²) in [5.41, 5.74) is 1.53. The van der Waals surface area contributed by atoms with E-state index < -0.39 is 11.9 Å². The summed E-state index contributed by atoms with van der Waals surface area (Å²) in [5.74, 6) is -0.398. The zero-order chi connectivity index (χ0) is 18.0. The van der Waals surface area contributed by atoms with E-state index in [1.807, 2.05) is 0 Å². The highest BCUT2D eigenvalue weighted by molar-refractivity contribution is 9.10. The number of imide groups is 1. The number of ether oxygens (including phenoxy) is 1. The molecule has 0 saturated carbocycles. The van der Waals surface area contributed by atoms with Gasteiger partial charge in [-0.3, -0.25) is 10.1 Å². The third-order valence-corrected chi connectivity index (χ3v) is 4.22. The van der Waals surface area contributed by atoms with E-state index in [0.29, 0.717) is 20.8 Å². The number of amides is 3. The zero-order valence-electron chi connectivity index (χ0n) is 12.6. The van der Waals surface area contributed by atoms with Crippen molar-refractivity contribution in [2.45, 2.75) is 6.61 Å². The molecule has 1 aliphatic heterocycles. The first kappa shape index (κ1) is 17.4. The number of rotatable bonds is 4. The number of hydrogen-bond acceptors (Lipinski definition) is 3. The zero-order valence-corrected chi connectivity index (χ0v) is 14.9. The minimum absolute atomic E-state index is 0.132. The van der Waals surface area contributed by atoms with Gasteiger partial charge in [0.1, 0.15) is 18.1 Å². The van der Waals surface area contributed by atoms with E-state index in [0.717, 1.165) is 5.56 Å². The van der Waals surface area contributed by atoms with Crippen molar-refractivity contribution in [1.29, 1.82) is 0 Å². The van der Waals surface area contributed by atoms with Crippen LogP contribution in [0.25, 0.3) is 6.08 Å². The van der Waals surface area contributed by atoms with E-state index in [1.165, 1.54) is 18.2 Å². The Bertz CT molecular complexity index is 861. The van der Waals surface area contributed by atoms with Crippen LogP contribution in [0.3, 0.4) is 0 Å². The number of halogens is 3. The molecule has 8 heteroatoms. The molecule has 0 radical (unpaired) electrons. The third kappa shape index (κ3) is 4.18. The number of nitrogens with one attached hydrogen (secondary N) is 2. The molecule has 3 amide bonds. The molecule has 1 fully saturated rings. The average molecular weight is 426 g/mol. The van der Waals surface area contributed by atoms with Crippen molar-refractivity contribution in [3.05, 3.63) is 68.5 Å². The molecule has 128 valence electrons. The normalized spacial score (nSPS) is 15.2. The Kier molecular flexibility index (Phi) is 5.06. The second-order valence-corrected chi connectivity index (χ2v) is 6.46. The number of benzene rings is 2. The van der Waals surface area contributed by atoms with Gasteiger partial charge in [0.05, 0.1) is 9.50 Å². The van der Waals surface area contributed by atoms with Gasteiger partial charge < -0.3 is 10.1 Å². The first-order valence-corrected chi connectivity index (χ1v) is 8.30. The van der Waals surface area contributed by atoms with Gasteiger partial charge in [-0.05, 0) is 57.4 Å². The standard InChI is InChI=1S/C17H11BrClFN2O3/c18-12-5-10(7-14-16(23)22-17(24)21-14)6-13(19)15(12)25-8-9-1-3-11(20)4-2-9/h1-7H,8H2,(H2,21,22,23,24). The van der Waals surface area contributed by atoms with Crippen molar-refractivity contribution in [1.82, 2.24) is 10.6 Å². The van der Waals surface area contributed by atoms with Crippen LogP contribution in [0, 0.1) is 5.82 Å². The quantitative estimate of drug-likeness (QED) is 0.575. The van der Waals surface area contributed by atoms with Crippen molar-refractivity contribution in [2.24, 2.45) is 0 Å². The summed E-state index contributed by atoms with van der Waals surface area (Å²) in [5, 5.41) is 4.84. The Labute approximate surface area is 155 Å². The van der Waals surface area contributed by atoms with Gasteiger partial charge >= 0.3 is 6.03 Å². The van der Waals surface area contributed by atoms with Gasteiger partial charge in [-0.25, -0.2) is 9.18 Å². The number of urea groups is 1. The van der Waals surface area contributed by atoms with Crippen LogP contribution in [0.15, 0.2) is 46.6 Å². The van der Waals surface area contributed by atoms with E-state index >= 15 is 0 Å². The molecule has 0 aromatic heterocycles. The van der Waals surface area contributed by atoms with Gasteiger partial charge in [0.2, 0.25) is 0 Å². The molecule has 2 N–H and O–H groups in total.